The van der Waals surface area contributed by atoms with Crippen molar-refractivity contribution in [3.63, 3.8) is 0 Å². The number of aliphatic hydroxyl groups is 1. The second-order valence-electron chi connectivity index (χ2n) is 4.96. The molecule has 1 unspecified atom stereocenters. The number of fused-ring (bicyclic) bond motifs is 1. The van der Waals surface area contributed by atoms with Crippen molar-refractivity contribution in [1.29, 1.82) is 0 Å². The largest absolute Gasteiger partial charge is 0.364 e. The maximum Gasteiger partial charge on any atom is 0.180 e. The molecule has 0 fully saturated rings. The number of benzene rings is 2. The van der Waals surface area contributed by atoms with E-state index >= 15 is 0 Å². The van der Waals surface area contributed by atoms with E-state index in [0.29, 0.717) is 22.5 Å². The van der Waals surface area contributed by atoms with Gasteiger partial charge in [0.15, 0.2) is 6.29 Å². The molecule has 0 bridgehead atoms. The van der Waals surface area contributed by atoms with Gasteiger partial charge in [0.25, 0.3) is 0 Å². The molecular formula is C17H14ClFN2O2. The van der Waals surface area contributed by atoms with Gasteiger partial charge in [-0.15, -0.1) is 0 Å². The second-order valence-corrected chi connectivity index (χ2v) is 5.37. The summed E-state index contributed by atoms with van der Waals surface area (Å²) >= 11 is 5.75. The van der Waals surface area contributed by atoms with Gasteiger partial charge in [0.05, 0.1) is 16.1 Å². The zero-order chi connectivity index (χ0) is 16.4. The first kappa shape index (κ1) is 15.7. The van der Waals surface area contributed by atoms with Crippen molar-refractivity contribution < 1.29 is 14.2 Å². The van der Waals surface area contributed by atoms with E-state index < -0.39 is 12.1 Å². The highest BCUT2D eigenvalue weighted by Crippen LogP contribution is 2.22. The number of nitrogens with one attached hydrogen (secondary N) is 1. The Morgan fingerprint density at radius 2 is 2.13 bits per heavy atom. The molecule has 1 aromatic heterocycles. The lowest BCUT2D eigenvalue weighted by molar-refractivity contribution is -0.0768. The molecule has 1 atom stereocenters. The van der Waals surface area contributed by atoms with Gasteiger partial charge in [-0.2, -0.15) is 0 Å². The Bertz CT molecular complexity index is 876. The van der Waals surface area contributed by atoms with Gasteiger partial charge in [-0.3, -0.25) is 0 Å². The average molecular weight is 333 g/mol. The molecule has 6 heteroatoms. The third kappa shape index (κ3) is 3.27. The number of ether oxygens (including phenoxy) is 1. The zero-order valence-corrected chi connectivity index (χ0v) is 13.0. The van der Waals surface area contributed by atoms with Gasteiger partial charge in [0.2, 0.25) is 0 Å². The van der Waals surface area contributed by atoms with Crippen LogP contribution in [-0.2, 0) is 4.74 Å². The molecule has 23 heavy (non-hydrogen) atoms. The normalized spacial score (nSPS) is 13.0. The summed E-state index contributed by atoms with van der Waals surface area (Å²) in [6.07, 6.45) is 2.28. The maximum atomic E-state index is 13.8. The molecule has 0 radical (unpaired) electrons. The molecule has 0 spiro atoms. The SMILES string of the molecule is COC(O)c1ccc2[nH]c(/C=C/c3cccc(Cl)c3F)nc2c1. The quantitative estimate of drug-likeness (QED) is 0.705. The average Bonchev–Trinajstić information content (AvgIpc) is 2.97. The first-order valence-corrected chi connectivity index (χ1v) is 7.29. The number of aromatic nitrogens is 2. The summed E-state index contributed by atoms with van der Waals surface area (Å²) in [5.74, 6) is 0.107. The molecule has 0 saturated carbocycles. The van der Waals surface area contributed by atoms with E-state index in [1.165, 1.54) is 13.2 Å². The predicted molar refractivity (Wildman–Crippen MR) is 88.4 cm³/mol. The van der Waals surface area contributed by atoms with Gasteiger partial charge < -0.3 is 14.8 Å². The van der Waals surface area contributed by atoms with Crippen LogP contribution in [0, 0.1) is 5.82 Å². The van der Waals surface area contributed by atoms with E-state index in [4.69, 9.17) is 16.3 Å². The summed E-state index contributed by atoms with van der Waals surface area (Å²) in [4.78, 5) is 7.50. The summed E-state index contributed by atoms with van der Waals surface area (Å²) < 4.78 is 18.7. The van der Waals surface area contributed by atoms with E-state index in [1.807, 2.05) is 0 Å². The monoisotopic (exact) mass is 332 g/mol. The summed E-state index contributed by atoms with van der Waals surface area (Å²) in [5, 5.41) is 9.75. The van der Waals surface area contributed by atoms with Crippen LogP contribution in [-0.4, -0.2) is 22.2 Å². The third-order valence-corrected chi connectivity index (χ3v) is 3.73. The van der Waals surface area contributed by atoms with E-state index in [1.54, 1.807) is 42.5 Å². The van der Waals surface area contributed by atoms with Crippen molar-refractivity contribution in [2.45, 2.75) is 6.29 Å². The highest BCUT2D eigenvalue weighted by molar-refractivity contribution is 6.30. The number of hydrogen-bond donors (Lipinski definition) is 2. The third-order valence-electron chi connectivity index (χ3n) is 3.44. The van der Waals surface area contributed by atoms with Crippen molar-refractivity contribution >= 4 is 34.8 Å². The van der Waals surface area contributed by atoms with Crippen molar-refractivity contribution in [3.8, 4) is 0 Å². The van der Waals surface area contributed by atoms with Crippen LogP contribution in [0.25, 0.3) is 23.2 Å². The van der Waals surface area contributed by atoms with Gasteiger partial charge >= 0.3 is 0 Å². The number of H-pyrrole nitrogens is 1. The van der Waals surface area contributed by atoms with E-state index in [-0.39, 0.29) is 5.02 Å². The van der Waals surface area contributed by atoms with E-state index in [2.05, 4.69) is 9.97 Å². The second kappa shape index (κ2) is 6.50. The molecule has 3 rings (SSSR count). The van der Waals surface area contributed by atoms with Crippen molar-refractivity contribution in [1.82, 2.24) is 9.97 Å². The van der Waals surface area contributed by atoms with Crippen LogP contribution in [0.4, 0.5) is 4.39 Å². The lowest BCUT2D eigenvalue weighted by atomic mass is 10.2. The topological polar surface area (TPSA) is 58.1 Å². The van der Waals surface area contributed by atoms with E-state index in [0.717, 1.165) is 5.52 Å². The molecule has 1 heterocycles. The van der Waals surface area contributed by atoms with E-state index in [9.17, 15) is 9.50 Å². The van der Waals surface area contributed by atoms with Crippen LogP contribution in [0.1, 0.15) is 23.2 Å². The number of hydrogen-bond acceptors (Lipinski definition) is 3. The molecule has 0 aliphatic heterocycles. The molecule has 3 aromatic rings. The van der Waals surface area contributed by atoms with Crippen molar-refractivity contribution in [2.75, 3.05) is 7.11 Å². The van der Waals surface area contributed by atoms with Crippen LogP contribution in [0.15, 0.2) is 36.4 Å². The fourth-order valence-electron chi connectivity index (χ4n) is 2.23. The number of aliphatic hydroxyl groups excluding tert-OH is 1. The molecule has 0 aliphatic rings. The van der Waals surface area contributed by atoms with Gasteiger partial charge in [0.1, 0.15) is 11.6 Å². The molecule has 2 N–H and O–H groups in total. The summed E-state index contributed by atoms with van der Waals surface area (Å²) in [6, 6.07) is 10.1. The number of imidazole rings is 1. The Labute approximate surface area is 137 Å². The Morgan fingerprint density at radius 3 is 2.91 bits per heavy atom. The molecule has 0 saturated heterocycles. The smallest absolute Gasteiger partial charge is 0.180 e. The van der Waals surface area contributed by atoms with Crippen LogP contribution < -0.4 is 0 Å². The Hall–Kier alpha value is -2.21. The number of aromatic amines is 1. The summed E-state index contributed by atoms with van der Waals surface area (Å²) in [5.41, 5.74) is 2.49. The fraction of sp³-hybridized carbons (Fsp3) is 0.118. The first-order valence-electron chi connectivity index (χ1n) is 6.91. The van der Waals surface area contributed by atoms with Crippen LogP contribution in [0.3, 0.4) is 0 Å². The molecule has 2 aromatic carbocycles. The Kier molecular flexibility index (Phi) is 4.43. The molecule has 0 aliphatic carbocycles. The minimum absolute atomic E-state index is 0.0787. The lowest BCUT2D eigenvalue weighted by Gasteiger charge is -2.07. The molecule has 4 nitrogen and oxygen atoms in total. The number of methoxy groups -OCH3 is 1. The lowest BCUT2D eigenvalue weighted by Crippen LogP contribution is -1.98. The van der Waals surface area contributed by atoms with Gasteiger partial charge in [-0.25, -0.2) is 9.37 Å². The van der Waals surface area contributed by atoms with Crippen LogP contribution >= 0.6 is 11.6 Å². The summed E-state index contributed by atoms with van der Waals surface area (Å²) in [6.45, 7) is 0. The Balaban J connectivity index is 1.91. The van der Waals surface area contributed by atoms with Gasteiger partial charge in [0, 0.05) is 18.2 Å². The van der Waals surface area contributed by atoms with Crippen molar-refractivity contribution in [3.05, 3.63) is 64.2 Å². The fourth-order valence-corrected chi connectivity index (χ4v) is 2.41. The van der Waals surface area contributed by atoms with Crippen LogP contribution in [0.5, 0.6) is 0 Å². The first-order chi connectivity index (χ1) is 11.1. The molecular weight excluding hydrogens is 319 g/mol. The van der Waals surface area contributed by atoms with Gasteiger partial charge in [-0.05, 0) is 30.4 Å². The summed E-state index contributed by atoms with van der Waals surface area (Å²) in [7, 11) is 1.42. The maximum absolute atomic E-state index is 13.8. The van der Waals surface area contributed by atoms with Crippen LogP contribution in [0.2, 0.25) is 5.02 Å². The molecule has 0 amide bonds. The number of halogens is 2. The number of nitrogens with zero attached hydrogens (tertiary/aromatic N) is 1. The minimum Gasteiger partial charge on any atom is -0.364 e. The Morgan fingerprint density at radius 1 is 1.30 bits per heavy atom. The number of rotatable bonds is 4. The highest BCUT2D eigenvalue weighted by Gasteiger charge is 2.08. The molecule has 118 valence electrons. The standard InChI is InChI=1S/C17H14ClFN2O2/c1-23-17(22)11-5-7-13-14(9-11)21-15(20-13)8-6-10-3-2-4-12(18)16(10)19/h2-9,17,22H,1H3,(H,20,21)/b8-6+. The predicted octanol–water partition coefficient (Wildman–Crippen LogP) is 4.16. The highest BCUT2D eigenvalue weighted by atomic mass is 35.5. The van der Waals surface area contributed by atoms with Gasteiger partial charge in [-0.1, -0.05) is 29.8 Å². The van der Waals surface area contributed by atoms with Crippen molar-refractivity contribution in [2.24, 2.45) is 0 Å². The zero-order valence-electron chi connectivity index (χ0n) is 12.3. The minimum atomic E-state index is -0.990.